The van der Waals surface area contributed by atoms with E-state index in [-0.39, 0.29) is 18.3 Å². The van der Waals surface area contributed by atoms with Gasteiger partial charge in [0, 0.05) is 29.7 Å². The molecule has 1 amide bonds. The lowest BCUT2D eigenvalue weighted by atomic mass is 10.2. The first-order valence-electron chi connectivity index (χ1n) is 5.71. The largest absolute Gasteiger partial charge is 0.366 e. The van der Waals surface area contributed by atoms with Gasteiger partial charge in [-0.05, 0) is 18.2 Å². The minimum absolute atomic E-state index is 0.157. The molecular formula is C12H14BrFN2O2. The fraction of sp³-hybridized carbons (Fsp3) is 0.417. The maximum absolute atomic E-state index is 13.4. The molecule has 0 saturated carbocycles. The van der Waals surface area contributed by atoms with Crippen LogP contribution >= 0.6 is 15.9 Å². The fourth-order valence-corrected chi connectivity index (χ4v) is 2.12. The zero-order valence-corrected chi connectivity index (χ0v) is 11.3. The second-order valence-corrected chi connectivity index (χ2v) is 4.93. The SMILES string of the molecule is O=C(NCc1cc(Br)ccc1F)C1CNCCO1. The third-order valence-electron chi connectivity index (χ3n) is 2.68. The first kappa shape index (κ1) is 13.5. The minimum atomic E-state index is -0.492. The summed E-state index contributed by atoms with van der Waals surface area (Å²) in [5.41, 5.74) is 0.446. The molecule has 1 saturated heterocycles. The van der Waals surface area contributed by atoms with Gasteiger partial charge in [0.05, 0.1) is 6.61 Å². The van der Waals surface area contributed by atoms with Crippen LogP contribution in [0, 0.1) is 5.82 Å². The smallest absolute Gasteiger partial charge is 0.250 e. The zero-order chi connectivity index (χ0) is 13.0. The standard InChI is InChI=1S/C12H14BrFN2O2/c13-9-1-2-10(14)8(5-9)6-16-12(17)11-7-15-3-4-18-11/h1-2,5,11,15H,3-4,6-7H2,(H,16,17). The van der Waals surface area contributed by atoms with Crippen molar-refractivity contribution in [2.45, 2.75) is 12.6 Å². The molecule has 0 radical (unpaired) electrons. The summed E-state index contributed by atoms with van der Waals surface area (Å²) in [5.74, 6) is -0.553. The summed E-state index contributed by atoms with van der Waals surface area (Å²) in [5, 5.41) is 5.74. The lowest BCUT2D eigenvalue weighted by Crippen LogP contribution is -2.47. The molecule has 1 aliphatic rings. The van der Waals surface area contributed by atoms with E-state index < -0.39 is 6.10 Å². The Morgan fingerprint density at radius 3 is 3.17 bits per heavy atom. The summed E-state index contributed by atoms with van der Waals surface area (Å²) >= 11 is 3.27. The fourth-order valence-electron chi connectivity index (χ4n) is 1.71. The van der Waals surface area contributed by atoms with Gasteiger partial charge in [0.2, 0.25) is 0 Å². The summed E-state index contributed by atoms with van der Waals surface area (Å²) < 4.78 is 19.5. The van der Waals surface area contributed by atoms with Gasteiger partial charge in [0.15, 0.2) is 0 Å². The van der Waals surface area contributed by atoms with Crippen molar-refractivity contribution in [3.63, 3.8) is 0 Å². The highest BCUT2D eigenvalue weighted by molar-refractivity contribution is 9.10. The Hall–Kier alpha value is -0.980. The Morgan fingerprint density at radius 1 is 1.61 bits per heavy atom. The van der Waals surface area contributed by atoms with E-state index >= 15 is 0 Å². The van der Waals surface area contributed by atoms with Gasteiger partial charge < -0.3 is 15.4 Å². The summed E-state index contributed by atoms with van der Waals surface area (Å²) in [6.07, 6.45) is -0.492. The first-order valence-corrected chi connectivity index (χ1v) is 6.50. The summed E-state index contributed by atoms with van der Waals surface area (Å²) in [6.45, 7) is 1.92. The van der Waals surface area contributed by atoms with Crippen molar-refractivity contribution in [1.29, 1.82) is 0 Å². The molecule has 2 rings (SSSR count). The Morgan fingerprint density at radius 2 is 2.44 bits per heavy atom. The molecule has 1 fully saturated rings. The average molecular weight is 317 g/mol. The van der Waals surface area contributed by atoms with Gasteiger partial charge >= 0.3 is 0 Å². The van der Waals surface area contributed by atoms with Crippen LogP contribution in [0.2, 0.25) is 0 Å². The van der Waals surface area contributed by atoms with Crippen LogP contribution < -0.4 is 10.6 Å². The number of amides is 1. The Bertz CT molecular complexity index is 436. The summed E-state index contributed by atoms with van der Waals surface area (Å²) in [4.78, 5) is 11.8. The molecule has 1 atom stereocenters. The van der Waals surface area contributed by atoms with Crippen LogP contribution in [-0.4, -0.2) is 31.7 Å². The highest BCUT2D eigenvalue weighted by Crippen LogP contribution is 2.15. The molecule has 98 valence electrons. The van der Waals surface area contributed by atoms with Crippen LogP contribution in [0.25, 0.3) is 0 Å². The lowest BCUT2D eigenvalue weighted by molar-refractivity contribution is -0.134. The molecule has 0 spiro atoms. The molecule has 1 unspecified atom stereocenters. The molecule has 1 heterocycles. The molecule has 0 aliphatic carbocycles. The maximum atomic E-state index is 13.4. The van der Waals surface area contributed by atoms with E-state index in [1.54, 1.807) is 12.1 Å². The Balaban J connectivity index is 1.90. The van der Waals surface area contributed by atoms with Crippen LogP contribution in [0.15, 0.2) is 22.7 Å². The molecular weight excluding hydrogens is 303 g/mol. The monoisotopic (exact) mass is 316 g/mol. The van der Waals surface area contributed by atoms with E-state index in [1.807, 2.05) is 0 Å². The first-order chi connectivity index (χ1) is 8.66. The van der Waals surface area contributed by atoms with Gasteiger partial charge in [0.1, 0.15) is 11.9 Å². The zero-order valence-electron chi connectivity index (χ0n) is 9.71. The number of rotatable bonds is 3. The quantitative estimate of drug-likeness (QED) is 0.881. The highest BCUT2D eigenvalue weighted by atomic mass is 79.9. The van der Waals surface area contributed by atoms with Crippen molar-refractivity contribution < 1.29 is 13.9 Å². The van der Waals surface area contributed by atoms with Crippen molar-refractivity contribution in [3.8, 4) is 0 Å². The number of carbonyl (C=O) groups excluding carboxylic acids is 1. The van der Waals surface area contributed by atoms with Gasteiger partial charge in [-0.2, -0.15) is 0 Å². The minimum Gasteiger partial charge on any atom is -0.366 e. The molecule has 1 aromatic rings. The van der Waals surface area contributed by atoms with Crippen LogP contribution in [0.1, 0.15) is 5.56 Å². The number of hydrogen-bond donors (Lipinski definition) is 2. The normalized spacial score (nSPS) is 19.6. The topological polar surface area (TPSA) is 50.4 Å². The number of nitrogens with one attached hydrogen (secondary N) is 2. The summed E-state index contributed by atoms with van der Waals surface area (Å²) in [6, 6.07) is 4.63. The molecule has 4 nitrogen and oxygen atoms in total. The average Bonchev–Trinajstić information content (AvgIpc) is 2.40. The van der Waals surface area contributed by atoms with Crippen LogP contribution in [0.4, 0.5) is 4.39 Å². The van der Waals surface area contributed by atoms with Gasteiger partial charge in [-0.25, -0.2) is 4.39 Å². The van der Waals surface area contributed by atoms with Crippen LogP contribution in [0.3, 0.4) is 0 Å². The second kappa shape index (κ2) is 6.26. The van der Waals surface area contributed by atoms with Crippen molar-refractivity contribution in [1.82, 2.24) is 10.6 Å². The van der Waals surface area contributed by atoms with E-state index in [9.17, 15) is 9.18 Å². The predicted octanol–water partition coefficient (Wildman–Crippen LogP) is 1.19. The molecule has 0 aromatic heterocycles. The predicted molar refractivity (Wildman–Crippen MR) is 68.6 cm³/mol. The van der Waals surface area contributed by atoms with E-state index in [1.165, 1.54) is 6.07 Å². The number of halogens is 2. The molecule has 0 bridgehead atoms. The molecule has 18 heavy (non-hydrogen) atoms. The highest BCUT2D eigenvalue weighted by Gasteiger charge is 2.21. The Labute approximate surface area is 113 Å². The van der Waals surface area contributed by atoms with Crippen molar-refractivity contribution in [2.75, 3.05) is 19.7 Å². The number of carbonyl (C=O) groups is 1. The third kappa shape index (κ3) is 3.51. The lowest BCUT2D eigenvalue weighted by Gasteiger charge is -2.22. The molecule has 2 N–H and O–H groups in total. The van der Waals surface area contributed by atoms with Crippen molar-refractivity contribution in [3.05, 3.63) is 34.1 Å². The van der Waals surface area contributed by atoms with Gasteiger partial charge in [-0.15, -0.1) is 0 Å². The van der Waals surface area contributed by atoms with Gasteiger partial charge in [-0.3, -0.25) is 4.79 Å². The molecule has 1 aliphatic heterocycles. The van der Waals surface area contributed by atoms with Gasteiger partial charge in [0.25, 0.3) is 5.91 Å². The van der Waals surface area contributed by atoms with E-state index in [2.05, 4.69) is 26.6 Å². The number of hydrogen-bond acceptors (Lipinski definition) is 3. The number of morpholine rings is 1. The summed E-state index contributed by atoms with van der Waals surface area (Å²) in [7, 11) is 0. The second-order valence-electron chi connectivity index (χ2n) is 4.02. The van der Waals surface area contributed by atoms with Crippen LogP contribution in [-0.2, 0) is 16.1 Å². The van der Waals surface area contributed by atoms with Gasteiger partial charge in [-0.1, -0.05) is 15.9 Å². The molecule has 1 aromatic carbocycles. The molecule has 6 heteroatoms. The Kier molecular flexibility index (Phi) is 4.68. The third-order valence-corrected chi connectivity index (χ3v) is 3.17. The van der Waals surface area contributed by atoms with E-state index in [4.69, 9.17) is 4.74 Å². The maximum Gasteiger partial charge on any atom is 0.250 e. The van der Waals surface area contributed by atoms with Crippen LogP contribution in [0.5, 0.6) is 0 Å². The number of benzene rings is 1. The number of ether oxygens (including phenoxy) is 1. The van der Waals surface area contributed by atoms with E-state index in [0.29, 0.717) is 18.7 Å². The van der Waals surface area contributed by atoms with E-state index in [0.717, 1.165) is 11.0 Å². The van der Waals surface area contributed by atoms with Crippen molar-refractivity contribution >= 4 is 21.8 Å². The van der Waals surface area contributed by atoms with Crippen molar-refractivity contribution in [2.24, 2.45) is 0 Å².